The average molecular weight is 277 g/mol. The topological polar surface area (TPSA) is 23.5 Å². The molecule has 1 aromatic rings. The largest absolute Gasteiger partial charge is 0.384 e. The number of nitrogens with zero attached hydrogens (tertiary/aromatic N) is 1. The molecule has 19 heavy (non-hydrogen) atoms. The van der Waals surface area contributed by atoms with E-state index in [4.69, 9.17) is 5.11 Å². The van der Waals surface area contributed by atoms with Crippen molar-refractivity contribution in [3.05, 3.63) is 21.9 Å². The van der Waals surface area contributed by atoms with Crippen LogP contribution in [-0.4, -0.2) is 29.2 Å². The van der Waals surface area contributed by atoms with Crippen molar-refractivity contribution in [1.29, 1.82) is 0 Å². The fraction of sp³-hybridized carbons (Fsp3) is 0.625. The molecule has 1 heterocycles. The van der Waals surface area contributed by atoms with Crippen molar-refractivity contribution in [3.63, 3.8) is 0 Å². The Balaban J connectivity index is 1.91. The Hall–Kier alpha value is -0.820. The lowest BCUT2D eigenvalue weighted by atomic mass is 10.1. The van der Waals surface area contributed by atoms with Gasteiger partial charge >= 0.3 is 0 Å². The maximum atomic E-state index is 8.70. The van der Waals surface area contributed by atoms with Gasteiger partial charge in [0.1, 0.15) is 6.61 Å². The lowest BCUT2D eigenvalue weighted by Gasteiger charge is -2.22. The van der Waals surface area contributed by atoms with Crippen molar-refractivity contribution >= 4 is 11.3 Å². The lowest BCUT2D eigenvalue weighted by molar-refractivity contribution is 0.241. The number of thiophene rings is 1. The SMILES string of the molecule is CC(C)CCN(Cc1cc(C#CCO)cs1)C1CC1. The number of aliphatic hydroxyl groups excluding tert-OH is 1. The van der Waals surface area contributed by atoms with E-state index < -0.39 is 0 Å². The molecule has 0 bridgehead atoms. The van der Waals surface area contributed by atoms with Crippen LogP contribution in [0.2, 0.25) is 0 Å². The number of aliphatic hydroxyl groups is 1. The van der Waals surface area contributed by atoms with Gasteiger partial charge in [-0.1, -0.05) is 25.7 Å². The summed E-state index contributed by atoms with van der Waals surface area (Å²) in [5.74, 6) is 6.45. The van der Waals surface area contributed by atoms with E-state index in [-0.39, 0.29) is 6.61 Å². The minimum Gasteiger partial charge on any atom is -0.384 e. The first-order chi connectivity index (χ1) is 9.19. The molecular weight excluding hydrogens is 254 g/mol. The smallest absolute Gasteiger partial charge is 0.104 e. The van der Waals surface area contributed by atoms with Crippen LogP contribution in [0.4, 0.5) is 0 Å². The van der Waals surface area contributed by atoms with Crippen molar-refractivity contribution < 1.29 is 5.11 Å². The maximum Gasteiger partial charge on any atom is 0.104 e. The van der Waals surface area contributed by atoms with Gasteiger partial charge in [0, 0.05) is 28.4 Å². The predicted molar refractivity (Wildman–Crippen MR) is 81.2 cm³/mol. The molecule has 0 aromatic carbocycles. The summed E-state index contributed by atoms with van der Waals surface area (Å²) >= 11 is 1.78. The molecule has 1 saturated carbocycles. The van der Waals surface area contributed by atoms with Crippen molar-refractivity contribution in [1.82, 2.24) is 4.90 Å². The van der Waals surface area contributed by atoms with Crippen LogP contribution in [0.25, 0.3) is 0 Å². The van der Waals surface area contributed by atoms with Crippen LogP contribution in [0, 0.1) is 17.8 Å². The third-order valence-corrected chi connectivity index (χ3v) is 4.30. The zero-order valence-electron chi connectivity index (χ0n) is 11.9. The van der Waals surface area contributed by atoms with Gasteiger partial charge in [0.05, 0.1) is 0 Å². The Bertz CT molecular complexity index is 451. The van der Waals surface area contributed by atoms with Crippen LogP contribution in [0.3, 0.4) is 0 Å². The van der Waals surface area contributed by atoms with E-state index in [1.54, 1.807) is 11.3 Å². The van der Waals surface area contributed by atoms with Gasteiger partial charge in [-0.25, -0.2) is 0 Å². The molecule has 1 fully saturated rings. The van der Waals surface area contributed by atoms with Crippen LogP contribution in [0.5, 0.6) is 0 Å². The van der Waals surface area contributed by atoms with E-state index in [2.05, 4.69) is 42.0 Å². The fourth-order valence-corrected chi connectivity index (χ4v) is 2.97. The zero-order valence-corrected chi connectivity index (χ0v) is 12.7. The Morgan fingerprint density at radius 3 is 2.89 bits per heavy atom. The Labute approximate surface area is 120 Å². The third-order valence-electron chi connectivity index (χ3n) is 3.38. The summed E-state index contributed by atoms with van der Waals surface area (Å²) < 4.78 is 0. The van der Waals surface area contributed by atoms with Gasteiger partial charge in [-0.15, -0.1) is 11.3 Å². The molecule has 0 radical (unpaired) electrons. The second-order valence-corrected chi connectivity index (χ2v) is 6.64. The van der Waals surface area contributed by atoms with Gasteiger partial charge < -0.3 is 5.11 Å². The Morgan fingerprint density at radius 1 is 1.47 bits per heavy atom. The molecule has 0 atom stereocenters. The highest BCUT2D eigenvalue weighted by atomic mass is 32.1. The Morgan fingerprint density at radius 2 is 2.26 bits per heavy atom. The summed E-state index contributed by atoms with van der Waals surface area (Å²) in [7, 11) is 0. The predicted octanol–water partition coefficient (Wildman–Crippen LogP) is 3.10. The summed E-state index contributed by atoms with van der Waals surface area (Å²) in [6.45, 7) is 6.78. The van der Waals surface area contributed by atoms with E-state index in [9.17, 15) is 0 Å². The van der Waals surface area contributed by atoms with Gasteiger partial charge in [-0.3, -0.25) is 4.90 Å². The second kappa shape index (κ2) is 7.09. The van der Waals surface area contributed by atoms with Crippen LogP contribution < -0.4 is 0 Å². The second-order valence-electron chi connectivity index (χ2n) is 5.65. The Kier molecular flexibility index (Phi) is 5.45. The number of hydrogen-bond donors (Lipinski definition) is 1. The van der Waals surface area contributed by atoms with Crippen LogP contribution in [-0.2, 0) is 6.54 Å². The van der Waals surface area contributed by atoms with Crippen molar-refractivity contribution in [2.45, 2.75) is 45.7 Å². The fourth-order valence-electron chi connectivity index (χ4n) is 2.13. The monoisotopic (exact) mass is 277 g/mol. The summed E-state index contributed by atoms with van der Waals surface area (Å²) in [5.41, 5.74) is 1.04. The maximum absolute atomic E-state index is 8.70. The first-order valence-electron chi connectivity index (χ1n) is 7.10. The van der Waals surface area contributed by atoms with E-state index in [0.717, 1.165) is 24.1 Å². The van der Waals surface area contributed by atoms with Crippen molar-refractivity contribution in [2.75, 3.05) is 13.2 Å². The molecule has 0 unspecified atom stereocenters. The van der Waals surface area contributed by atoms with Gasteiger partial charge in [-0.05, 0) is 37.8 Å². The van der Waals surface area contributed by atoms with Gasteiger partial charge in [0.25, 0.3) is 0 Å². The highest BCUT2D eigenvalue weighted by Gasteiger charge is 2.28. The van der Waals surface area contributed by atoms with Crippen LogP contribution >= 0.6 is 11.3 Å². The third kappa shape index (κ3) is 4.99. The normalized spacial score (nSPS) is 14.8. The van der Waals surface area contributed by atoms with Crippen molar-refractivity contribution in [3.8, 4) is 11.8 Å². The molecule has 2 rings (SSSR count). The van der Waals surface area contributed by atoms with Gasteiger partial charge in [0.2, 0.25) is 0 Å². The highest BCUT2D eigenvalue weighted by molar-refractivity contribution is 7.10. The van der Waals surface area contributed by atoms with E-state index in [1.807, 2.05) is 0 Å². The lowest BCUT2D eigenvalue weighted by Crippen LogP contribution is -2.27. The molecule has 0 aliphatic heterocycles. The molecule has 1 aliphatic carbocycles. The molecule has 104 valence electrons. The van der Waals surface area contributed by atoms with Gasteiger partial charge in [-0.2, -0.15) is 0 Å². The molecule has 0 amide bonds. The molecular formula is C16H23NOS. The minimum absolute atomic E-state index is 0.0617. The quantitative estimate of drug-likeness (QED) is 0.808. The van der Waals surface area contributed by atoms with E-state index >= 15 is 0 Å². The zero-order chi connectivity index (χ0) is 13.7. The number of rotatable bonds is 6. The average Bonchev–Trinajstić information content (AvgIpc) is 3.13. The first kappa shape index (κ1) is 14.6. The molecule has 3 heteroatoms. The van der Waals surface area contributed by atoms with Crippen LogP contribution in [0.15, 0.2) is 11.4 Å². The summed E-state index contributed by atoms with van der Waals surface area (Å²) in [6, 6.07) is 2.98. The standard InChI is InChI=1S/C16H23NOS/c1-13(2)7-8-17(15-5-6-15)11-16-10-14(12-19-16)4-3-9-18/h10,12-13,15,18H,5-9,11H2,1-2H3. The van der Waals surface area contributed by atoms with Crippen molar-refractivity contribution in [2.24, 2.45) is 5.92 Å². The molecule has 0 saturated heterocycles. The van der Waals surface area contributed by atoms with Crippen LogP contribution in [0.1, 0.15) is 43.6 Å². The molecule has 2 nitrogen and oxygen atoms in total. The molecule has 1 N–H and O–H groups in total. The summed E-state index contributed by atoms with van der Waals surface area (Å²) in [5, 5.41) is 10.8. The highest BCUT2D eigenvalue weighted by Crippen LogP contribution is 2.30. The van der Waals surface area contributed by atoms with E-state index in [1.165, 1.54) is 30.7 Å². The van der Waals surface area contributed by atoms with E-state index in [0.29, 0.717) is 0 Å². The number of hydrogen-bond acceptors (Lipinski definition) is 3. The molecule has 0 spiro atoms. The first-order valence-corrected chi connectivity index (χ1v) is 7.98. The molecule has 1 aromatic heterocycles. The minimum atomic E-state index is -0.0617. The molecule has 1 aliphatic rings. The summed E-state index contributed by atoms with van der Waals surface area (Å²) in [4.78, 5) is 4.01. The summed E-state index contributed by atoms with van der Waals surface area (Å²) in [6.07, 6.45) is 4.00. The van der Waals surface area contributed by atoms with Gasteiger partial charge in [0.15, 0.2) is 0 Å².